The largest absolute Gasteiger partial charge is 0.482 e. The highest BCUT2D eigenvalue weighted by atomic mass is 16.5. The third-order valence-electron chi connectivity index (χ3n) is 4.70. The summed E-state index contributed by atoms with van der Waals surface area (Å²) in [7, 11) is 2.02. The summed E-state index contributed by atoms with van der Waals surface area (Å²) in [5.74, 6) is 0.683. The van der Waals surface area contributed by atoms with Crippen LogP contribution in [0.4, 0.5) is 5.69 Å². The van der Waals surface area contributed by atoms with E-state index >= 15 is 0 Å². The second-order valence-corrected chi connectivity index (χ2v) is 6.18. The summed E-state index contributed by atoms with van der Waals surface area (Å²) in [5, 5.41) is 6.36. The Bertz CT molecular complexity index is 521. The third-order valence-corrected chi connectivity index (χ3v) is 4.70. The molecule has 0 aromatic heterocycles. The van der Waals surface area contributed by atoms with Crippen LogP contribution in [0.2, 0.25) is 0 Å². The van der Waals surface area contributed by atoms with E-state index in [1.807, 2.05) is 13.1 Å². The van der Waals surface area contributed by atoms with Crippen LogP contribution in [0, 0.1) is 5.41 Å². The van der Waals surface area contributed by atoms with Crippen molar-refractivity contribution in [3.05, 3.63) is 23.8 Å². The molecule has 0 spiro atoms. The van der Waals surface area contributed by atoms with Crippen molar-refractivity contribution in [2.24, 2.45) is 5.41 Å². The summed E-state index contributed by atoms with van der Waals surface area (Å²) in [6.45, 7) is 2.47. The van der Waals surface area contributed by atoms with Crippen molar-refractivity contribution < 1.29 is 9.53 Å². The number of benzene rings is 1. The van der Waals surface area contributed by atoms with Gasteiger partial charge < -0.3 is 15.4 Å². The van der Waals surface area contributed by atoms with E-state index in [1.54, 1.807) is 0 Å². The van der Waals surface area contributed by atoms with Gasteiger partial charge in [-0.2, -0.15) is 0 Å². The molecule has 2 aliphatic rings. The molecule has 1 aromatic carbocycles. The Kier molecular flexibility index (Phi) is 3.42. The summed E-state index contributed by atoms with van der Waals surface area (Å²) in [6, 6.07) is 6.44. The molecule has 1 aliphatic heterocycles. The van der Waals surface area contributed by atoms with E-state index in [0.29, 0.717) is 11.5 Å². The monoisotopic (exact) mass is 274 g/mol. The van der Waals surface area contributed by atoms with Gasteiger partial charge in [0.25, 0.3) is 5.91 Å². The standard InChI is InChI=1S/C16H22N2O2/c1-16(7-3-4-8-16)15(17-2)11-5-6-13-12(9-11)18-14(19)10-20-13/h5-6,9,15,17H,3-4,7-8,10H2,1-2H3,(H,18,19). The number of anilines is 1. The number of ether oxygens (including phenoxy) is 1. The van der Waals surface area contributed by atoms with Crippen LogP contribution in [0.15, 0.2) is 18.2 Å². The second-order valence-electron chi connectivity index (χ2n) is 6.18. The lowest BCUT2D eigenvalue weighted by Gasteiger charge is -2.35. The van der Waals surface area contributed by atoms with E-state index in [0.717, 1.165) is 11.4 Å². The van der Waals surface area contributed by atoms with Crippen molar-refractivity contribution in [2.45, 2.75) is 38.6 Å². The number of nitrogens with one attached hydrogen (secondary N) is 2. The predicted molar refractivity (Wildman–Crippen MR) is 78.9 cm³/mol. The van der Waals surface area contributed by atoms with Crippen molar-refractivity contribution in [2.75, 3.05) is 19.0 Å². The Morgan fingerprint density at radius 2 is 2.10 bits per heavy atom. The Balaban J connectivity index is 1.92. The van der Waals surface area contributed by atoms with E-state index in [4.69, 9.17) is 4.74 Å². The molecule has 20 heavy (non-hydrogen) atoms. The van der Waals surface area contributed by atoms with Gasteiger partial charge in [-0.1, -0.05) is 25.8 Å². The molecule has 1 unspecified atom stereocenters. The van der Waals surface area contributed by atoms with Crippen LogP contribution in [0.5, 0.6) is 5.75 Å². The Morgan fingerprint density at radius 1 is 1.35 bits per heavy atom. The first-order valence-electron chi connectivity index (χ1n) is 7.36. The number of rotatable bonds is 3. The lowest BCUT2D eigenvalue weighted by atomic mass is 9.77. The molecule has 0 bridgehead atoms. The molecule has 4 heteroatoms. The van der Waals surface area contributed by atoms with Crippen LogP contribution in [0.3, 0.4) is 0 Å². The Morgan fingerprint density at radius 3 is 2.80 bits per heavy atom. The van der Waals surface area contributed by atoms with Crippen LogP contribution >= 0.6 is 0 Å². The van der Waals surface area contributed by atoms with Crippen LogP contribution in [0.1, 0.15) is 44.2 Å². The van der Waals surface area contributed by atoms with Gasteiger partial charge in [0.2, 0.25) is 0 Å². The molecule has 1 aromatic rings. The van der Waals surface area contributed by atoms with Crippen molar-refractivity contribution >= 4 is 11.6 Å². The van der Waals surface area contributed by atoms with E-state index in [9.17, 15) is 4.79 Å². The smallest absolute Gasteiger partial charge is 0.262 e. The van der Waals surface area contributed by atoms with Gasteiger partial charge in [0.15, 0.2) is 6.61 Å². The van der Waals surface area contributed by atoms with Gasteiger partial charge in [0.1, 0.15) is 5.75 Å². The number of fused-ring (bicyclic) bond motifs is 1. The molecule has 4 nitrogen and oxygen atoms in total. The van der Waals surface area contributed by atoms with Crippen LogP contribution in [0.25, 0.3) is 0 Å². The molecule has 1 aliphatic carbocycles. The van der Waals surface area contributed by atoms with Gasteiger partial charge >= 0.3 is 0 Å². The maximum Gasteiger partial charge on any atom is 0.262 e. The highest BCUT2D eigenvalue weighted by Crippen LogP contribution is 2.47. The molecule has 1 atom stereocenters. The molecule has 1 saturated carbocycles. The van der Waals surface area contributed by atoms with E-state index < -0.39 is 0 Å². The summed E-state index contributed by atoms with van der Waals surface area (Å²) >= 11 is 0. The normalized spacial score (nSPS) is 21.8. The second kappa shape index (κ2) is 5.09. The number of hydrogen-bond acceptors (Lipinski definition) is 3. The van der Waals surface area contributed by atoms with E-state index in [2.05, 4.69) is 29.7 Å². The van der Waals surface area contributed by atoms with Crippen LogP contribution in [-0.4, -0.2) is 19.6 Å². The molecule has 1 amide bonds. The highest BCUT2D eigenvalue weighted by Gasteiger charge is 2.37. The predicted octanol–water partition coefficient (Wildman–Crippen LogP) is 2.86. The first kappa shape index (κ1) is 13.4. The third kappa shape index (κ3) is 2.29. The van der Waals surface area contributed by atoms with Crippen molar-refractivity contribution in [1.82, 2.24) is 5.32 Å². The minimum absolute atomic E-state index is 0.0808. The summed E-state index contributed by atoms with van der Waals surface area (Å²) in [5.41, 5.74) is 2.31. The molecule has 0 saturated heterocycles. The molecule has 1 heterocycles. The zero-order valence-electron chi connectivity index (χ0n) is 12.2. The van der Waals surface area contributed by atoms with Gasteiger partial charge in [-0.25, -0.2) is 0 Å². The maximum absolute atomic E-state index is 11.4. The van der Waals surface area contributed by atoms with Gasteiger partial charge in [0, 0.05) is 6.04 Å². The minimum atomic E-state index is -0.0808. The lowest BCUT2D eigenvalue weighted by Crippen LogP contribution is -2.32. The SMILES string of the molecule is CNC(c1ccc2c(c1)NC(=O)CO2)C1(C)CCCC1. The summed E-state index contributed by atoms with van der Waals surface area (Å²) in [6.07, 6.45) is 5.11. The fraction of sp³-hybridized carbons (Fsp3) is 0.562. The van der Waals surface area contributed by atoms with Gasteiger partial charge in [0.05, 0.1) is 5.69 Å². The van der Waals surface area contributed by atoms with E-state index in [-0.39, 0.29) is 12.5 Å². The topological polar surface area (TPSA) is 50.4 Å². The van der Waals surface area contributed by atoms with Gasteiger partial charge in [-0.05, 0) is 43.0 Å². The van der Waals surface area contributed by atoms with Gasteiger partial charge in [-0.15, -0.1) is 0 Å². The maximum atomic E-state index is 11.4. The fourth-order valence-corrected chi connectivity index (χ4v) is 3.67. The van der Waals surface area contributed by atoms with Crippen molar-refractivity contribution in [3.8, 4) is 5.75 Å². The molecule has 0 radical (unpaired) electrons. The molecule has 1 fully saturated rings. The average Bonchev–Trinajstić information content (AvgIpc) is 2.86. The molecular weight excluding hydrogens is 252 g/mol. The summed E-state index contributed by atoms with van der Waals surface area (Å²) in [4.78, 5) is 11.4. The van der Waals surface area contributed by atoms with Crippen molar-refractivity contribution in [3.63, 3.8) is 0 Å². The van der Waals surface area contributed by atoms with Crippen LogP contribution in [-0.2, 0) is 4.79 Å². The molecular formula is C16H22N2O2. The molecule has 108 valence electrons. The van der Waals surface area contributed by atoms with Crippen LogP contribution < -0.4 is 15.4 Å². The van der Waals surface area contributed by atoms with Crippen molar-refractivity contribution in [1.29, 1.82) is 0 Å². The number of hydrogen-bond donors (Lipinski definition) is 2. The fourth-order valence-electron chi connectivity index (χ4n) is 3.67. The number of carbonyl (C=O) groups excluding carboxylic acids is 1. The van der Waals surface area contributed by atoms with E-state index in [1.165, 1.54) is 31.2 Å². The zero-order valence-corrected chi connectivity index (χ0v) is 12.2. The Hall–Kier alpha value is -1.55. The van der Waals surface area contributed by atoms with Gasteiger partial charge in [-0.3, -0.25) is 4.79 Å². The number of amides is 1. The minimum Gasteiger partial charge on any atom is -0.482 e. The Labute approximate surface area is 119 Å². The molecule has 2 N–H and O–H groups in total. The molecule has 3 rings (SSSR count). The number of carbonyl (C=O) groups is 1. The first-order chi connectivity index (χ1) is 9.62. The average molecular weight is 274 g/mol. The summed E-state index contributed by atoms with van der Waals surface area (Å²) < 4.78 is 5.42. The zero-order chi connectivity index (χ0) is 14.2. The highest BCUT2D eigenvalue weighted by molar-refractivity contribution is 5.95. The lowest BCUT2D eigenvalue weighted by molar-refractivity contribution is -0.118. The first-order valence-corrected chi connectivity index (χ1v) is 7.36. The quantitative estimate of drug-likeness (QED) is 0.891.